The number of carbonyl (C=O) groups excluding carboxylic acids is 1. The van der Waals surface area contributed by atoms with Gasteiger partial charge in [-0.2, -0.15) is 0 Å². The SMILES string of the molecule is O=C(CSc1nc2ccccc2c(=O)n1C1CCCCC1)Nc1ccccc1[N+](=O)[O-]. The second-order valence-corrected chi connectivity index (χ2v) is 8.43. The molecular weight excluding hydrogens is 416 g/mol. The van der Waals surface area contributed by atoms with Crippen LogP contribution < -0.4 is 10.9 Å². The molecule has 0 bridgehead atoms. The first-order chi connectivity index (χ1) is 15.0. The molecule has 0 spiro atoms. The van der Waals surface area contributed by atoms with Gasteiger partial charge in [0, 0.05) is 12.1 Å². The van der Waals surface area contributed by atoms with Gasteiger partial charge in [-0.25, -0.2) is 4.98 Å². The first-order valence-electron chi connectivity index (χ1n) is 10.2. The van der Waals surface area contributed by atoms with Gasteiger partial charge in [0.15, 0.2) is 5.16 Å². The molecule has 4 rings (SSSR count). The van der Waals surface area contributed by atoms with Crippen LogP contribution in [0.2, 0.25) is 0 Å². The number of para-hydroxylation sites is 3. The van der Waals surface area contributed by atoms with Crippen LogP contribution in [0.3, 0.4) is 0 Å². The monoisotopic (exact) mass is 438 g/mol. The summed E-state index contributed by atoms with van der Waals surface area (Å²) in [6, 6.07) is 13.3. The predicted octanol–water partition coefficient (Wildman–Crippen LogP) is 4.54. The fourth-order valence-electron chi connectivity index (χ4n) is 3.94. The number of thioether (sulfide) groups is 1. The number of hydrogen-bond donors (Lipinski definition) is 1. The van der Waals surface area contributed by atoms with Gasteiger partial charge in [0.1, 0.15) is 5.69 Å². The highest BCUT2D eigenvalue weighted by molar-refractivity contribution is 7.99. The van der Waals surface area contributed by atoms with Crippen LogP contribution >= 0.6 is 11.8 Å². The Balaban J connectivity index is 1.60. The predicted molar refractivity (Wildman–Crippen MR) is 121 cm³/mol. The smallest absolute Gasteiger partial charge is 0.292 e. The topological polar surface area (TPSA) is 107 Å². The zero-order valence-corrected chi connectivity index (χ0v) is 17.6. The first kappa shape index (κ1) is 21.0. The number of anilines is 1. The number of aromatic nitrogens is 2. The van der Waals surface area contributed by atoms with Crippen molar-refractivity contribution in [2.24, 2.45) is 0 Å². The summed E-state index contributed by atoms with van der Waals surface area (Å²) in [6.45, 7) is 0. The van der Waals surface area contributed by atoms with Crippen molar-refractivity contribution >= 4 is 39.9 Å². The van der Waals surface area contributed by atoms with Gasteiger partial charge in [0.25, 0.3) is 11.2 Å². The summed E-state index contributed by atoms with van der Waals surface area (Å²) in [6.07, 6.45) is 5.11. The van der Waals surface area contributed by atoms with Crippen molar-refractivity contribution in [3.63, 3.8) is 0 Å². The van der Waals surface area contributed by atoms with Crippen molar-refractivity contribution in [3.8, 4) is 0 Å². The van der Waals surface area contributed by atoms with Gasteiger partial charge < -0.3 is 5.32 Å². The van der Waals surface area contributed by atoms with Gasteiger partial charge in [-0.05, 0) is 31.0 Å². The maximum atomic E-state index is 13.2. The van der Waals surface area contributed by atoms with Crippen LogP contribution in [0, 0.1) is 10.1 Å². The molecule has 0 saturated heterocycles. The highest BCUT2D eigenvalue weighted by Gasteiger charge is 2.23. The zero-order chi connectivity index (χ0) is 21.8. The van der Waals surface area contributed by atoms with Gasteiger partial charge in [-0.3, -0.25) is 24.3 Å². The molecule has 1 fully saturated rings. The van der Waals surface area contributed by atoms with E-state index in [4.69, 9.17) is 0 Å². The van der Waals surface area contributed by atoms with Crippen molar-refractivity contribution in [3.05, 3.63) is 69.0 Å². The molecule has 3 aromatic rings. The lowest BCUT2D eigenvalue weighted by atomic mass is 9.95. The van der Waals surface area contributed by atoms with E-state index in [0.717, 1.165) is 32.1 Å². The maximum absolute atomic E-state index is 13.2. The van der Waals surface area contributed by atoms with E-state index in [9.17, 15) is 19.7 Å². The number of nitrogens with zero attached hydrogens (tertiary/aromatic N) is 3. The van der Waals surface area contributed by atoms with E-state index in [0.29, 0.717) is 16.1 Å². The molecule has 0 atom stereocenters. The Morgan fingerprint density at radius 2 is 1.84 bits per heavy atom. The van der Waals surface area contributed by atoms with E-state index in [1.807, 2.05) is 12.1 Å². The van der Waals surface area contributed by atoms with E-state index < -0.39 is 10.8 Å². The van der Waals surface area contributed by atoms with E-state index in [1.54, 1.807) is 28.8 Å². The Kier molecular flexibility index (Phi) is 6.31. The maximum Gasteiger partial charge on any atom is 0.292 e. The standard InChI is InChI=1S/C22H22N4O4S/c27-20(23-18-12-6-7-13-19(18)26(29)30)14-31-22-24-17-11-5-4-10-16(17)21(28)25(22)15-8-2-1-3-9-15/h4-7,10-13,15H,1-3,8-9,14H2,(H,23,27). The number of nitro groups is 1. The average Bonchev–Trinajstić information content (AvgIpc) is 2.78. The number of hydrogen-bond acceptors (Lipinski definition) is 6. The molecule has 1 saturated carbocycles. The van der Waals surface area contributed by atoms with Crippen LogP contribution in [-0.2, 0) is 4.79 Å². The van der Waals surface area contributed by atoms with E-state index in [1.165, 1.54) is 23.9 Å². The fourth-order valence-corrected chi connectivity index (χ4v) is 4.81. The van der Waals surface area contributed by atoms with E-state index >= 15 is 0 Å². The molecular formula is C22H22N4O4S. The Morgan fingerprint density at radius 1 is 1.13 bits per heavy atom. The summed E-state index contributed by atoms with van der Waals surface area (Å²) in [7, 11) is 0. The van der Waals surface area contributed by atoms with Crippen LogP contribution in [0.25, 0.3) is 10.9 Å². The Hall–Kier alpha value is -3.20. The summed E-state index contributed by atoms with van der Waals surface area (Å²) in [5.41, 5.74) is 0.498. The third-order valence-electron chi connectivity index (χ3n) is 5.42. The van der Waals surface area contributed by atoms with Crippen molar-refractivity contribution in [1.82, 2.24) is 9.55 Å². The molecule has 0 aliphatic heterocycles. The second-order valence-electron chi connectivity index (χ2n) is 7.49. The minimum absolute atomic E-state index is 0.0104. The Bertz CT molecular complexity index is 1190. The summed E-state index contributed by atoms with van der Waals surface area (Å²) < 4.78 is 1.74. The number of nitrogens with one attached hydrogen (secondary N) is 1. The van der Waals surface area contributed by atoms with Crippen LogP contribution in [-0.4, -0.2) is 26.1 Å². The number of rotatable bonds is 6. The second kappa shape index (κ2) is 9.30. The van der Waals surface area contributed by atoms with Crippen LogP contribution in [0.1, 0.15) is 38.1 Å². The van der Waals surface area contributed by atoms with Gasteiger partial charge >= 0.3 is 0 Å². The lowest BCUT2D eigenvalue weighted by molar-refractivity contribution is -0.383. The molecule has 0 radical (unpaired) electrons. The summed E-state index contributed by atoms with van der Waals surface area (Å²) >= 11 is 1.18. The summed E-state index contributed by atoms with van der Waals surface area (Å²) in [5, 5.41) is 14.8. The van der Waals surface area contributed by atoms with Crippen molar-refractivity contribution in [2.75, 3.05) is 11.1 Å². The highest BCUT2D eigenvalue weighted by Crippen LogP contribution is 2.31. The third-order valence-corrected chi connectivity index (χ3v) is 6.38. The summed E-state index contributed by atoms with van der Waals surface area (Å²) in [4.78, 5) is 41.1. The number of benzene rings is 2. The van der Waals surface area contributed by atoms with Crippen molar-refractivity contribution in [1.29, 1.82) is 0 Å². The molecule has 1 N–H and O–H groups in total. The molecule has 1 aliphatic rings. The molecule has 9 heteroatoms. The van der Waals surface area contributed by atoms with E-state index in [2.05, 4.69) is 10.3 Å². The Labute approximate surface area is 182 Å². The minimum Gasteiger partial charge on any atom is -0.320 e. The molecule has 1 heterocycles. The molecule has 1 aliphatic carbocycles. The first-order valence-corrected chi connectivity index (χ1v) is 11.2. The van der Waals surface area contributed by atoms with Gasteiger partial charge in [0.2, 0.25) is 5.91 Å². The molecule has 0 unspecified atom stereocenters. The Morgan fingerprint density at radius 3 is 2.61 bits per heavy atom. The van der Waals surface area contributed by atoms with E-state index in [-0.39, 0.29) is 28.7 Å². The van der Waals surface area contributed by atoms with Crippen molar-refractivity contribution in [2.45, 2.75) is 43.3 Å². The highest BCUT2D eigenvalue weighted by atomic mass is 32.2. The number of amides is 1. The normalized spacial score (nSPS) is 14.5. The van der Waals surface area contributed by atoms with Gasteiger partial charge in [-0.1, -0.05) is 55.3 Å². The largest absolute Gasteiger partial charge is 0.320 e. The van der Waals surface area contributed by atoms with Crippen LogP contribution in [0.15, 0.2) is 58.5 Å². The lowest BCUT2D eigenvalue weighted by Gasteiger charge is -2.26. The fraction of sp³-hybridized carbons (Fsp3) is 0.318. The molecule has 160 valence electrons. The number of carbonyl (C=O) groups is 1. The van der Waals surface area contributed by atoms with Crippen LogP contribution in [0.4, 0.5) is 11.4 Å². The van der Waals surface area contributed by atoms with Crippen LogP contribution in [0.5, 0.6) is 0 Å². The molecule has 2 aromatic carbocycles. The average molecular weight is 439 g/mol. The molecule has 1 aromatic heterocycles. The lowest BCUT2D eigenvalue weighted by Crippen LogP contribution is -2.29. The van der Waals surface area contributed by atoms with Gasteiger partial charge in [-0.15, -0.1) is 0 Å². The minimum atomic E-state index is -0.533. The molecule has 8 nitrogen and oxygen atoms in total. The molecule has 31 heavy (non-hydrogen) atoms. The van der Waals surface area contributed by atoms with Gasteiger partial charge in [0.05, 0.1) is 21.6 Å². The molecule has 1 amide bonds. The van der Waals surface area contributed by atoms with Crippen molar-refractivity contribution < 1.29 is 9.72 Å². The zero-order valence-electron chi connectivity index (χ0n) is 16.8. The number of fused-ring (bicyclic) bond motifs is 1. The third kappa shape index (κ3) is 4.61. The summed E-state index contributed by atoms with van der Waals surface area (Å²) in [5.74, 6) is -0.402. The number of nitro benzene ring substituents is 1. The quantitative estimate of drug-likeness (QED) is 0.262.